The van der Waals surface area contributed by atoms with Crippen LogP contribution in [0, 0.1) is 11.8 Å². The maximum Gasteiger partial charge on any atom is 0.309 e. The molecule has 0 aliphatic heterocycles. The standard InChI is InChI=1S/C20H23NO3/c1-24-19(23)17-9-5-8-16(17)18(22)20(21)12-10-15(11-13-20)14-6-3-2-4-7-14/h2-4,6-7,10-12,16-17H,5,8-9,13,21H2,1H3/t16-,17-,20?/m1/s1. The Bertz CT molecular complexity index is 692. The number of benzene rings is 1. The van der Waals surface area contributed by atoms with Crippen LogP contribution < -0.4 is 5.73 Å². The fourth-order valence-electron chi connectivity index (χ4n) is 3.73. The molecule has 0 bridgehead atoms. The minimum absolute atomic E-state index is 0.0463. The lowest BCUT2D eigenvalue weighted by Gasteiger charge is -2.30. The van der Waals surface area contributed by atoms with E-state index >= 15 is 0 Å². The molecule has 2 aliphatic rings. The van der Waals surface area contributed by atoms with Gasteiger partial charge in [0.2, 0.25) is 0 Å². The Labute approximate surface area is 142 Å². The fraction of sp³-hybridized carbons (Fsp3) is 0.400. The van der Waals surface area contributed by atoms with E-state index in [1.54, 1.807) is 6.08 Å². The number of nitrogens with two attached hydrogens (primary N) is 1. The Morgan fingerprint density at radius 2 is 1.88 bits per heavy atom. The van der Waals surface area contributed by atoms with E-state index in [9.17, 15) is 9.59 Å². The van der Waals surface area contributed by atoms with E-state index in [1.165, 1.54) is 7.11 Å². The molecule has 0 aromatic heterocycles. The van der Waals surface area contributed by atoms with Gasteiger partial charge in [-0.25, -0.2) is 0 Å². The minimum Gasteiger partial charge on any atom is -0.469 e. The van der Waals surface area contributed by atoms with Gasteiger partial charge in [0, 0.05) is 5.92 Å². The summed E-state index contributed by atoms with van der Waals surface area (Å²) in [6.45, 7) is 0. The summed E-state index contributed by atoms with van der Waals surface area (Å²) in [5.41, 5.74) is 7.54. The van der Waals surface area contributed by atoms with Crippen molar-refractivity contribution in [2.75, 3.05) is 7.11 Å². The molecule has 1 aromatic rings. The number of carbonyl (C=O) groups is 2. The molecule has 4 nitrogen and oxygen atoms in total. The molecular formula is C20H23NO3. The van der Waals surface area contributed by atoms with Crippen LogP contribution in [0.4, 0.5) is 0 Å². The molecule has 1 fully saturated rings. The zero-order valence-corrected chi connectivity index (χ0v) is 13.9. The van der Waals surface area contributed by atoms with Crippen molar-refractivity contribution < 1.29 is 14.3 Å². The van der Waals surface area contributed by atoms with Crippen LogP contribution in [0.15, 0.2) is 48.6 Å². The predicted molar refractivity (Wildman–Crippen MR) is 92.9 cm³/mol. The van der Waals surface area contributed by atoms with Crippen LogP contribution in [-0.2, 0) is 14.3 Å². The van der Waals surface area contributed by atoms with Gasteiger partial charge >= 0.3 is 5.97 Å². The largest absolute Gasteiger partial charge is 0.469 e. The molecule has 0 spiro atoms. The average Bonchev–Trinajstić information content (AvgIpc) is 3.11. The zero-order valence-electron chi connectivity index (χ0n) is 13.9. The van der Waals surface area contributed by atoms with Gasteiger partial charge in [-0.2, -0.15) is 0 Å². The minimum atomic E-state index is -1.03. The van der Waals surface area contributed by atoms with Gasteiger partial charge in [0.05, 0.1) is 18.6 Å². The third kappa shape index (κ3) is 3.06. The monoisotopic (exact) mass is 325 g/mol. The molecule has 3 atom stereocenters. The van der Waals surface area contributed by atoms with Crippen molar-refractivity contribution in [1.29, 1.82) is 0 Å². The summed E-state index contributed by atoms with van der Waals surface area (Å²) in [6, 6.07) is 10.0. The molecule has 0 saturated heterocycles. The molecule has 3 rings (SSSR count). The van der Waals surface area contributed by atoms with Crippen molar-refractivity contribution >= 4 is 17.3 Å². The zero-order chi connectivity index (χ0) is 17.2. The van der Waals surface area contributed by atoms with Gasteiger partial charge in [0.1, 0.15) is 0 Å². The molecule has 4 heteroatoms. The van der Waals surface area contributed by atoms with Crippen molar-refractivity contribution in [3.63, 3.8) is 0 Å². The molecule has 126 valence electrons. The Morgan fingerprint density at radius 1 is 1.17 bits per heavy atom. The number of allylic oxidation sites excluding steroid dienone is 2. The quantitative estimate of drug-likeness (QED) is 0.864. The third-order valence-corrected chi connectivity index (χ3v) is 5.14. The molecule has 1 aromatic carbocycles. The van der Waals surface area contributed by atoms with Gasteiger partial charge in [-0.3, -0.25) is 9.59 Å². The molecule has 1 saturated carbocycles. The summed E-state index contributed by atoms with van der Waals surface area (Å²) < 4.78 is 4.85. The van der Waals surface area contributed by atoms with Gasteiger partial charge < -0.3 is 10.5 Å². The number of carbonyl (C=O) groups excluding carboxylic acids is 2. The Kier molecular flexibility index (Phi) is 4.67. The van der Waals surface area contributed by atoms with Crippen LogP contribution in [-0.4, -0.2) is 24.4 Å². The number of ether oxygens (including phenoxy) is 1. The van der Waals surface area contributed by atoms with E-state index in [4.69, 9.17) is 10.5 Å². The Balaban J connectivity index is 1.76. The fourth-order valence-corrected chi connectivity index (χ4v) is 3.73. The summed E-state index contributed by atoms with van der Waals surface area (Å²) >= 11 is 0. The Hall–Kier alpha value is -2.20. The second-order valence-electron chi connectivity index (χ2n) is 6.63. The summed E-state index contributed by atoms with van der Waals surface area (Å²) in [4.78, 5) is 24.9. The Morgan fingerprint density at radius 3 is 2.50 bits per heavy atom. The van der Waals surface area contributed by atoms with E-state index in [0.29, 0.717) is 19.3 Å². The average molecular weight is 325 g/mol. The highest BCUT2D eigenvalue weighted by Gasteiger charge is 2.45. The molecule has 1 unspecified atom stereocenters. The summed E-state index contributed by atoms with van der Waals surface area (Å²) in [7, 11) is 1.37. The van der Waals surface area contributed by atoms with Gasteiger partial charge in [-0.1, -0.05) is 55.0 Å². The molecule has 24 heavy (non-hydrogen) atoms. The first-order valence-electron chi connectivity index (χ1n) is 8.41. The molecule has 0 amide bonds. The van der Waals surface area contributed by atoms with Crippen molar-refractivity contribution in [3.05, 3.63) is 54.1 Å². The van der Waals surface area contributed by atoms with Crippen molar-refractivity contribution in [3.8, 4) is 0 Å². The number of Topliss-reactive ketones (excluding diaryl/α,β-unsaturated/α-hetero) is 1. The number of hydrogen-bond donors (Lipinski definition) is 1. The van der Waals surface area contributed by atoms with E-state index < -0.39 is 5.54 Å². The highest BCUT2D eigenvalue weighted by Crippen LogP contribution is 2.37. The van der Waals surface area contributed by atoms with Crippen LogP contribution in [0.1, 0.15) is 31.2 Å². The van der Waals surface area contributed by atoms with Crippen molar-refractivity contribution in [2.45, 2.75) is 31.2 Å². The number of hydrogen-bond acceptors (Lipinski definition) is 4. The van der Waals surface area contributed by atoms with E-state index in [-0.39, 0.29) is 23.6 Å². The number of esters is 1. The summed E-state index contributed by atoms with van der Waals surface area (Å²) in [5.74, 6) is -1.03. The van der Waals surface area contributed by atoms with Crippen molar-refractivity contribution in [1.82, 2.24) is 0 Å². The molecule has 0 heterocycles. The van der Waals surface area contributed by atoms with E-state index in [0.717, 1.165) is 17.6 Å². The maximum atomic E-state index is 13.0. The van der Waals surface area contributed by atoms with Gasteiger partial charge in [0.25, 0.3) is 0 Å². The maximum absolute atomic E-state index is 13.0. The lowest BCUT2D eigenvalue weighted by Crippen LogP contribution is -2.51. The van der Waals surface area contributed by atoms with Crippen LogP contribution in [0.25, 0.3) is 5.57 Å². The number of ketones is 1. The predicted octanol–water partition coefficient (Wildman–Crippen LogP) is 2.89. The van der Waals surface area contributed by atoms with Crippen LogP contribution in [0.5, 0.6) is 0 Å². The van der Waals surface area contributed by atoms with Gasteiger partial charge in [0.15, 0.2) is 5.78 Å². The first kappa shape index (κ1) is 16.7. The smallest absolute Gasteiger partial charge is 0.309 e. The highest BCUT2D eigenvalue weighted by atomic mass is 16.5. The lowest BCUT2D eigenvalue weighted by molar-refractivity contribution is -0.149. The van der Waals surface area contributed by atoms with Crippen LogP contribution in [0.3, 0.4) is 0 Å². The SMILES string of the molecule is COC(=O)[C@@H]1CCC[C@H]1C(=O)C1(N)C=CC(c2ccccc2)=CC1. The second kappa shape index (κ2) is 6.73. The van der Waals surface area contributed by atoms with Crippen LogP contribution in [0.2, 0.25) is 0 Å². The van der Waals surface area contributed by atoms with Gasteiger partial charge in [-0.15, -0.1) is 0 Å². The summed E-state index contributed by atoms with van der Waals surface area (Å²) in [6.07, 6.45) is 8.45. The topological polar surface area (TPSA) is 69.4 Å². The van der Waals surface area contributed by atoms with Crippen molar-refractivity contribution in [2.24, 2.45) is 17.6 Å². The second-order valence-corrected chi connectivity index (χ2v) is 6.63. The highest BCUT2D eigenvalue weighted by molar-refractivity contribution is 5.97. The number of methoxy groups -OCH3 is 1. The molecular weight excluding hydrogens is 302 g/mol. The van der Waals surface area contributed by atoms with E-state index in [1.807, 2.05) is 42.5 Å². The third-order valence-electron chi connectivity index (χ3n) is 5.14. The first-order valence-corrected chi connectivity index (χ1v) is 8.41. The van der Waals surface area contributed by atoms with Crippen LogP contribution >= 0.6 is 0 Å². The molecule has 0 radical (unpaired) electrons. The normalized spacial score (nSPS) is 29.2. The first-order chi connectivity index (χ1) is 11.5. The lowest BCUT2D eigenvalue weighted by atomic mass is 9.76. The summed E-state index contributed by atoms with van der Waals surface area (Å²) in [5, 5.41) is 0. The van der Waals surface area contributed by atoms with E-state index in [2.05, 4.69) is 0 Å². The number of rotatable bonds is 4. The van der Waals surface area contributed by atoms with Gasteiger partial charge in [-0.05, 0) is 30.4 Å². The molecule has 2 N–H and O–H groups in total. The molecule has 2 aliphatic carbocycles.